The molecule has 4 nitrogen and oxygen atoms in total. The molecule has 1 amide bonds. The van der Waals surface area contributed by atoms with Crippen LogP contribution in [0.3, 0.4) is 0 Å². The zero-order chi connectivity index (χ0) is 15.5. The quantitative estimate of drug-likeness (QED) is 0.809. The highest BCUT2D eigenvalue weighted by molar-refractivity contribution is 9.10. The first-order valence-corrected chi connectivity index (χ1v) is 8.90. The minimum atomic E-state index is 0.00337. The molecule has 1 N–H and O–H groups in total. The van der Waals surface area contributed by atoms with Crippen molar-refractivity contribution in [2.45, 2.75) is 31.6 Å². The fraction of sp³-hybridized carbons (Fsp3) is 0.375. The number of hydrogen-bond donors (Lipinski definition) is 1. The number of aromatic nitrogens is 1. The fourth-order valence-corrected chi connectivity index (χ4v) is 3.61. The minimum absolute atomic E-state index is 0.00337. The maximum atomic E-state index is 12.0. The Morgan fingerprint density at radius 2 is 2.32 bits per heavy atom. The molecule has 0 unspecified atom stereocenters. The molecule has 116 valence electrons. The number of methoxy groups -OCH3 is 1. The molecule has 1 aromatic carbocycles. The summed E-state index contributed by atoms with van der Waals surface area (Å²) < 4.78 is 6.10. The highest BCUT2D eigenvalue weighted by Gasteiger charge is 2.26. The first-order valence-electron chi connectivity index (χ1n) is 7.23. The number of carbonyl (C=O) groups is 1. The molecule has 0 atom stereocenters. The van der Waals surface area contributed by atoms with E-state index in [-0.39, 0.29) is 5.91 Å². The first-order chi connectivity index (χ1) is 10.7. The van der Waals surface area contributed by atoms with Gasteiger partial charge in [-0.2, -0.15) is 0 Å². The molecule has 3 rings (SSSR count). The average Bonchev–Trinajstić information content (AvgIpc) is 3.26. The number of thiazole rings is 1. The molecular formula is C16H17BrN2O2S. The zero-order valence-corrected chi connectivity index (χ0v) is 14.7. The van der Waals surface area contributed by atoms with Crippen molar-refractivity contribution in [1.29, 1.82) is 0 Å². The maximum absolute atomic E-state index is 12.0. The van der Waals surface area contributed by atoms with Crippen LogP contribution in [0.1, 0.15) is 36.4 Å². The van der Waals surface area contributed by atoms with E-state index in [4.69, 9.17) is 4.74 Å². The number of hydrogen-bond acceptors (Lipinski definition) is 4. The van der Waals surface area contributed by atoms with Gasteiger partial charge < -0.3 is 10.1 Å². The third-order valence-corrected chi connectivity index (χ3v) is 5.02. The highest BCUT2D eigenvalue weighted by atomic mass is 79.9. The van der Waals surface area contributed by atoms with Crippen LogP contribution in [0, 0.1) is 0 Å². The molecule has 1 aromatic heterocycles. The second-order valence-corrected chi connectivity index (χ2v) is 7.08. The molecule has 1 aliphatic carbocycles. The van der Waals surface area contributed by atoms with Crippen LogP contribution < -0.4 is 10.1 Å². The average molecular weight is 381 g/mol. The van der Waals surface area contributed by atoms with Gasteiger partial charge in [0.15, 0.2) is 5.13 Å². The lowest BCUT2D eigenvalue weighted by atomic mass is 10.1. The summed E-state index contributed by atoms with van der Waals surface area (Å²) in [6, 6.07) is 5.87. The number of nitrogens with zero attached hydrogens (tertiary/aromatic N) is 1. The van der Waals surface area contributed by atoms with Crippen molar-refractivity contribution in [2.24, 2.45) is 0 Å². The van der Waals surface area contributed by atoms with Crippen LogP contribution in [-0.2, 0) is 11.2 Å². The highest BCUT2D eigenvalue weighted by Crippen LogP contribution is 2.40. The number of aryl methyl sites for hydroxylation is 1. The van der Waals surface area contributed by atoms with Gasteiger partial charge in [-0.3, -0.25) is 4.79 Å². The Kier molecular flexibility index (Phi) is 4.78. The van der Waals surface area contributed by atoms with E-state index in [1.165, 1.54) is 24.2 Å². The third kappa shape index (κ3) is 3.87. The summed E-state index contributed by atoms with van der Waals surface area (Å²) in [6.07, 6.45) is 3.58. The minimum Gasteiger partial charge on any atom is -0.496 e. The molecule has 1 saturated carbocycles. The van der Waals surface area contributed by atoms with Crippen molar-refractivity contribution in [3.05, 3.63) is 39.3 Å². The topological polar surface area (TPSA) is 51.2 Å². The molecule has 0 bridgehead atoms. The van der Waals surface area contributed by atoms with E-state index < -0.39 is 0 Å². The van der Waals surface area contributed by atoms with Crippen LogP contribution in [0.5, 0.6) is 5.75 Å². The van der Waals surface area contributed by atoms with Crippen molar-refractivity contribution in [2.75, 3.05) is 12.4 Å². The van der Waals surface area contributed by atoms with Gasteiger partial charge in [-0.05, 0) is 52.9 Å². The van der Waals surface area contributed by atoms with Crippen LogP contribution in [0.4, 0.5) is 5.13 Å². The zero-order valence-electron chi connectivity index (χ0n) is 12.3. The number of ether oxygens (including phenoxy) is 1. The van der Waals surface area contributed by atoms with E-state index in [2.05, 4.69) is 26.2 Å². The normalized spacial score (nSPS) is 13.9. The number of nitrogens with one attached hydrogen (secondary N) is 1. The Morgan fingerprint density at radius 1 is 1.50 bits per heavy atom. The molecule has 0 saturated heterocycles. The summed E-state index contributed by atoms with van der Waals surface area (Å²) in [4.78, 5) is 16.5. The van der Waals surface area contributed by atoms with E-state index in [1.54, 1.807) is 7.11 Å². The number of rotatable bonds is 6. The fourth-order valence-electron chi connectivity index (χ4n) is 2.22. The summed E-state index contributed by atoms with van der Waals surface area (Å²) in [5.74, 6) is 1.42. The summed E-state index contributed by atoms with van der Waals surface area (Å²) in [5.41, 5.74) is 2.22. The van der Waals surface area contributed by atoms with E-state index in [0.717, 1.165) is 21.5 Å². The van der Waals surface area contributed by atoms with Crippen molar-refractivity contribution < 1.29 is 9.53 Å². The number of benzene rings is 1. The lowest BCUT2D eigenvalue weighted by Gasteiger charge is -2.06. The Balaban J connectivity index is 1.51. The summed E-state index contributed by atoms with van der Waals surface area (Å²) in [7, 11) is 1.64. The molecule has 1 aliphatic rings. The third-order valence-electron chi connectivity index (χ3n) is 3.62. The molecule has 1 fully saturated rings. The molecule has 22 heavy (non-hydrogen) atoms. The van der Waals surface area contributed by atoms with E-state index >= 15 is 0 Å². The Morgan fingerprint density at radius 3 is 3.00 bits per heavy atom. The van der Waals surface area contributed by atoms with Gasteiger partial charge in [0, 0.05) is 17.7 Å². The van der Waals surface area contributed by atoms with Crippen molar-refractivity contribution in [1.82, 2.24) is 4.98 Å². The second-order valence-electron chi connectivity index (χ2n) is 5.37. The van der Waals surface area contributed by atoms with Crippen LogP contribution in [0.2, 0.25) is 0 Å². The second kappa shape index (κ2) is 6.79. The van der Waals surface area contributed by atoms with Gasteiger partial charge in [-0.15, -0.1) is 11.3 Å². The van der Waals surface area contributed by atoms with Crippen LogP contribution >= 0.6 is 27.3 Å². The first kappa shape index (κ1) is 15.5. The molecular weight excluding hydrogens is 364 g/mol. The largest absolute Gasteiger partial charge is 0.496 e. The number of halogens is 1. The Bertz CT molecular complexity index is 683. The van der Waals surface area contributed by atoms with Crippen molar-refractivity contribution in [3.8, 4) is 5.75 Å². The predicted octanol–water partition coefficient (Wildman–Crippen LogP) is 4.36. The van der Waals surface area contributed by atoms with Gasteiger partial charge in [0.1, 0.15) is 5.75 Å². The maximum Gasteiger partial charge on any atom is 0.226 e. The lowest BCUT2D eigenvalue weighted by Crippen LogP contribution is -2.12. The van der Waals surface area contributed by atoms with E-state index in [1.807, 2.05) is 23.6 Å². The number of carbonyl (C=O) groups excluding carboxylic acids is 1. The molecule has 0 aliphatic heterocycles. The standard InChI is InChI=1S/C16H17BrN2O2S/c1-21-14-6-2-10(8-12(14)17)3-7-15(20)19-16-18-13(9-22-16)11-4-5-11/h2,6,8-9,11H,3-5,7H2,1H3,(H,18,19,20). The van der Waals surface area contributed by atoms with E-state index in [0.29, 0.717) is 23.9 Å². The molecule has 0 radical (unpaired) electrons. The van der Waals surface area contributed by atoms with Crippen LogP contribution in [-0.4, -0.2) is 18.0 Å². The lowest BCUT2D eigenvalue weighted by molar-refractivity contribution is -0.116. The van der Waals surface area contributed by atoms with Crippen molar-refractivity contribution >= 4 is 38.3 Å². The monoisotopic (exact) mass is 380 g/mol. The smallest absolute Gasteiger partial charge is 0.226 e. The van der Waals surface area contributed by atoms with Gasteiger partial charge in [0.2, 0.25) is 5.91 Å². The molecule has 1 heterocycles. The van der Waals surface area contributed by atoms with Gasteiger partial charge >= 0.3 is 0 Å². The molecule has 0 spiro atoms. The summed E-state index contributed by atoms with van der Waals surface area (Å²) in [5, 5.41) is 5.64. The predicted molar refractivity (Wildman–Crippen MR) is 91.7 cm³/mol. The van der Waals surface area contributed by atoms with Crippen molar-refractivity contribution in [3.63, 3.8) is 0 Å². The number of amides is 1. The molecule has 2 aromatic rings. The Labute approximate surface area is 142 Å². The summed E-state index contributed by atoms with van der Waals surface area (Å²) in [6.45, 7) is 0. The van der Waals surface area contributed by atoms with Gasteiger partial charge in [-0.1, -0.05) is 6.07 Å². The van der Waals surface area contributed by atoms with Crippen LogP contribution in [0.15, 0.2) is 28.1 Å². The summed E-state index contributed by atoms with van der Waals surface area (Å²) >= 11 is 4.96. The molecule has 6 heteroatoms. The van der Waals surface area contributed by atoms with Gasteiger partial charge in [0.05, 0.1) is 17.3 Å². The Hall–Kier alpha value is -1.40. The van der Waals surface area contributed by atoms with Gasteiger partial charge in [-0.25, -0.2) is 4.98 Å². The SMILES string of the molecule is COc1ccc(CCC(=O)Nc2nc(C3CC3)cs2)cc1Br. The van der Waals surface area contributed by atoms with E-state index in [9.17, 15) is 4.79 Å². The van der Waals surface area contributed by atoms with Crippen LogP contribution in [0.25, 0.3) is 0 Å². The number of anilines is 1. The van der Waals surface area contributed by atoms with Gasteiger partial charge in [0.25, 0.3) is 0 Å².